The molecular formula is C32H22O4. The molecule has 174 valence electrons. The second-order valence-corrected chi connectivity index (χ2v) is 8.34. The molecule has 0 heterocycles. The van der Waals surface area contributed by atoms with Crippen LogP contribution < -0.4 is 0 Å². The van der Waals surface area contributed by atoms with Crippen molar-refractivity contribution in [3.8, 4) is 33.8 Å². The fraction of sp³-hybridized carbons (Fsp3) is 0. The van der Waals surface area contributed by atoms with Crippen molar-refractivity contribution in [1.82, 2.24) is 0 Å². The van der Waals surface area contributed by atoms with Gasteiger partial charge in [0.15, 0.2) is 11.6 Å². The number of carbonyl (C=O) groups is 2. The number of hydrogen-bond acceptors (Lipinski definition) is 4. The van der Waals surface area contributed by atoms with Crippen LogP contribution in [0.2, 0.25) is 0 Å². The first-order chi connectivity index (χ1) is 17.6. The van der Waals surface area contributed by atoms with E-state index in [1.807, 2.05) is 54.6 Å². The molecule has 5 aromatic carbocycles. The van der Waals surface area contributed by atoms with Gasteiger partial charge in [0.05, 0.1) is 5.56 Å². The summed E-state index contributed by atoms with van der Waals surface area (Å²) in [6.07, 6.45) is 0. The van der Waals surface area contributed by atoms with Crippen molar-refractivity contribution in [2.24, 2.45) is 0 Å². The number of hydrogen-bond donors (Lipinski definition) is 2. The van der Waals surface area contributed by atoms with Gasteiger partial charge in [-0.3, -0.25) is 9.59 Å². The second-order valence-electron chi connectivity index (χ2n) is 8.34. The molecule has 0 spiro atoms. The van der Waals surface area contributed by atoms with Crippen molar-refractivity contribution in [3.63, 3.8) is 0 Å². The Morgan fingerprint density at radius 1 is 0.444 bits per heavy atom. The lowest BCUT2D eigenvalue weighted by Crippen LogP contribution is -2.09. The number of benzene rings is 5. The van der Waals surface area contributed by atoms with Gasteiger partial charge in [-0.05, 0) is 29.3 Å². The fourth-order valence-corrected chi connectivity index (χ4v) is 4.39. The normalized spacial score (nSPS) is 10.7. The van der Waals surface area contributed by atoms with Crippen molar-refractivity contribution in [2.75, 3.05) is 0 Å². The van der Waals surface area contributed by atoms with Crippen LogP contribution in [-0.4, -0.2) is 21.8 Å². The highest BCUT2D eigenvalue weighted by Gasteiger charge is 2.26. The number of carbonyl (C=O) groups excluding carboxylic acids is 2. The van der Waals surface area contributed by atoms with Gasteiger partial charge in [0.2, 0.25) is 0 Å². The minimum absolute atomic E-state index is 0.0364. The molecule has 36 heavy (non-hydrogen) atoms. The van der Waals surface area contributed by atoms with E-state index < -0.39 is 5.78 Å². The Balaban J connectivity index is 1.70. The molecule has 0 aromatic heterocycles. The molecule has 0 aliphatic heterocycles. The summed E-state index contributed by atoms with van der Waals surface area (Å²) in [5, 5.41) is 22.1. The SMILES string of the molecule is O=C(c1ccc(C(=O)c2ccccc2)c(-c2ccccc2)c1O)c1cccc(O)c1-c1ccccc1. The van der Waals surface area contributed by atoms with Gasteiger partial charge in [-0.2, -0.15) is 0 Å². The second kappa shape index (κ2) is 9.72. The lowest BCUT2D eigenvalue weighted by molar-refractivity contribution is 0.102. The summed E-state index contributed by atoms with van der Waals surface area (Å²) >= 11 is 0. The van der Waals surface area contributed by atoms with Crippen LogP contribution in [0.1, 0.15) is 31.8 Å². The molecule has 5 rings (SSSR count). The summed E-state index contributed by atoms with van der Waals surface area (Å²) in [6, 6.07) is 34.7. The summed E-state index contributed by atoms with van der Waals surface area (Å²) in [5.41, 5.74) is 3.03. The van der Waals surface area contributed by atoms with E-state index in [0.29, 0.717) is 27.8 Å². The maximum absolute atomic E-state index is 13.8. The predicted octanol–water partition coefficient (Wildman–Crippen LogP) is 6.89. The van der Waals surface area contributed by atoms with E-state index in [9.17, 15) is 19.8 Å². The maximum atomic E-state index is 13.8. The van der Waals surface area contributed by atoms with Gasteiger partial charge in [0.1, 0.15) is 11.5 Å². The van der Waals surface area contributed by atoms with Gasteiger partial charge in [0.25, 0.3) is 0 Å². The number of aromatic hydroxyl groups is 2. The summed E-state index contributed by atoms with van der Waals surface area (Å²) < 4.78 is 0. The molecule has 5 aromatic rings. The van der Waals surface area contributed by atoms with E-state index in [4.69, 9.17) is 0 Å². The van der Waals surface area contributed by atoms with E-state index in [0.717, 1.165) is 0 Å². The molecule has 4 nitrogen and oxygen atoms in total. The van der Waals surface area contributed by atoms with Crippen LogP contribution >= 0.6 is 0 Å². The average Bonchev–Trinajstić information content (AvgIpc) is 2.93. The van der Waals surface area contributed by atoms with Crippen LogP contribution in [0.4, 0.5) is 0 Å². The van der Waals surface area contributed by atoms with Crippen LogP contribution in [0.5, 0.6) is 11.5 Å². The number of rotatable bonds is 6. The van der Waals surface area contributed by atoms with Crippen LogP contribution in [0.15, 0.2) is 121 Å². The molecule has 0 aliphatic carbocycles. The zero-order valence-electron chi connectivity index (χ0n) is 19.3. The Hall–Kier alpha value is -4.96. The van der Waals surface area contributed by atoms with Crippen LogP contribution in [0.25, 0.3) is 22.3 Å². The van der Waals surface area contributed by atoms with E-state index in [1.54, 1.807) is 54.6 Å². The number of ketones is 2. The first kappa shape index (κ1) is 22.8. The standard InChI is InChI=1S/C32H22O4/c33-27-18-10-17-24(28(27)21-11-4-1-5-12-21)31(35)26-20-19-25(30(34)23-15-8-3-9-16-23)29(32(26)36)22-13-6-2-7-14-22/h1-20,33,36H. The Bertz CT molecular complexity index is 1560. The van der Waals surface area contributed by atoms with E-state index in [-0.39, 0.29) is 34.0 Å². The van der Waals surface area contributed by atoms with Gasteiger partial charge >= 0.3 is 0 Å². The molecule has 0 saturated carbocycles. The van der Waals surface area contributed by atoms with Gasteiger partial charge in [-0.15, -0.1) is 0 Å². The van der Waals surface area contributed by atoms with E-state index in [2.05, 4.69) is 0 Å². The van der Waals surface area contributed by atoms with Gasteiger partial charge in [-0.25, -0.2) is 0 Å². The van der Waals surface area contributed by atoms with Crippen molar-refractivity contribution in [3.05, 3.63) is 144 Å². The lowest BCUT2D eigenvalue weighted by Gasteiger charge is -2.16. The molecule has 0 radical (unpaired) electrons. The van der Waals surface area contributed by atoms with Gasteiger partial charge in [-0.1, -0.05) is 103 Å². The number of phenolic OH excluding ortho intramolecular Hbond substituents is 2. The third-order valence-corrected chi connectivity index (χ3v) is 6.12. The zero-order valence-corrected chi connectivity index (χ0v) is 19.3. The Labute approximate surface area is 208 Å². The molecule has 0 bridgehead atoms. The lowest BCUT2D eigenvalue weighted by atomic mass is 9.87. The molecule has 0 atom stereocenters. The third kappa shape index (κ3) is 4.17. The Kier molecular flexibility index (Phi) is 6.16. The first-order valence-corrected chi connectivity index (χ1v) is 11.5. The highest BCUT2D eigenvalue weighted by Crippen LogP contribution is 2.40. The Morgan fingerprint density at radius 2 is 0.944 bits per heavy atom. The minimum Gasteiger partial charge on any atom is -0.507 e. The summed E-state index contributed by atoms with van der Waals surface area (Å²) in [6.45, 7) is 0. The summed E-state index contributed by atoms with van der Waals surface area (Å²) in [7, 11) is 0. The topological polar surface area (TPSA) is 74.6 Å². The monoisotopic (exact) mass is 470 g/mol. The maximum Gasteiger partial charge on any atom is 0.197 e. The van der Waals surface area contributed by atoms with E-state index >= 15 is 0 Å². The molecule has 0 unspecified atom stereocenters. The molecule has 4 heteroatoms. The van der Waals surface area contributed by atoms with Crippen molar-refractivity contribution < 1.29 is 19.8 Å². The Morgan fingerprint density at radius 3 is 1.56 bits per heavy atom. The summed E-state index contributed by atoms with van der Waals surface area (Å²) in [5.74, 6) is -1.04. The quantitative estimate of drug-likeness (QED) is 0.265. The van der Waals surface area contributed by atoms with Gasteiger partial charge in [0, 0.05) is 27.8 Å². The first-order valence-electron chi connectivity index (χ1n) is 11.5. The number of phenols is 2. The molecular weight excluding hydrogens is 448 g/mol. The zero-order chi connectivity index (χ0) is 25.1. The highest BCUT2D eigenvalue weighted by atomic mass is 16.3. The van der Waals surface area contributed by atoms with E-state index in [1.165, 1.54) is 12.1 Å². The van der Waals surface area contributed by atoms with Crippen molar-refractivity contribution in [1.29, 1.82) is 0 Å². The fourth-order valence-electron chi connectivity index (χ4n) is 4.39. The minimum atomic E-state index is -0.460. The van der Waals surface area contributed by atoms with Gasteiger partial charge < -0.3 is 10.2 Å². The smallest absolute Gasteiger partial charge is 0.197 e. The largest absolute Gasteiger partial charge is 0.507 e. The predicted molar refractivity (Wildman–Crippen MR) is 140 cm³/mol. The molecule has 0 amide bonds. The molecule has 0 aliphatic rings. The third-order valence-electron chi connectivity index (χ3n) is 6.12. The summed E-state index contributed by atoms with van der Waals surface area (Å²) in [4.78, 5) is 27.2. The average molecular weight is 471 g/mol. The van der Waals surface area contributed by atoms with Crippen molar-refractivity contribution in [2.45, 2.75) is 0 Å². The molecule has 0 fully saturated rings. The van der Waals surface area contributed by atoms with Crippen LogP contribution in [-0.2, 0) is 0 Å². The van der Waals surface area contributed by atoms with Crippen LogP contribution in [0.3, 0.4) is 0 Å². The molecule has 0 saturated heterocycles. The van der Waals surface area contributed by atoms with Crippen LogP contribution in [0, 0.1) is 0 Å². The molecule has 2 N–H and O–H groups in total. The van der Waals surface area contributed by atoms with Crippen molar-refractivity contribution >= 4 is 11.6 Å². The highest BCUT2D eigenvalue weighted by molar-refractivity contribution is 6.19.